The van der Waals surface area contributed by atoms with E-state index in [0.717, 1.165) is 18.2 Å². The number of carboxylic acid groups (broad SMARTS) is 1. The molecule has 0 saturated carbocycles. The van der Waals surface area contributed by atoms with Crippen LogP contribution in [-0.2, 0) is 10.1 Å². The van der Waals surface area contributed by atoms with E-state index < -0.39 is 32.3 Å². The molecular formula is C13H8Cl2N2O6S. The summed E-state index contributed by atoms with van der Waals surface area (Å²) < 4.78 is 29.7. The second-order valence-corrected chi connectivity index (χ2v) is 6.34. The lowest BCUT2D eigenvalue weighted by Gasteiger charge is -2.13. The maximum atomic E-state index is 11.1. The smallest absolute Gasteiger partial charge is 0.403 e. The summed E-state index contributed by atoms with van der Waals surface area (Å²) in [7, 11) is -4.67. The molecule has 126 valence electrons. The fourth-order valence-corrected chi connectivity index (χ4v) is 2.49. The summed E-state index contributed by atoms with van der Waals surface area (Å²) in [6.07, 6.45) is 0. The van der Waals surface area contributed by atoms with Crippen molar-refractivity contribution in [3.8, 4) is 5.75 Å². The Balaban J connectivity index is 0.000000254. The molecule has 0 saturated heterocycles. The maximum Gasteiger partial charge on any atom is 0.403 e. The zero-order valence-electron chi connectivity index (χ0n) is 11.6. The summed E-state index contributed by atoms with van der Waals surface area (Å²) in [5.74, 6) is -2.76. The van der Waals surface area contributed by atoms with Crippen LogP contribution in [0.2, 0.25) is 10.0 Å². The first-order valence-corrected chi connectivity index (χ1v) is 8.08. The van der Waals surface area contributed by atoms with Crippen molar-refractivity contribution in [1.82, 2.24) is 0 Å². The second kappa shape index (κ2) is 7.94. The number of para-hydroxylation sites is 1. The molecule has 24 heavy (non-hydrogen) atoms. The number of hydrogen-bond donors (Lipinski definition) is 2. The second-order valence-electron chi connectivity index (χ2n) is 4.11. The van der Waals surface area contributed by atoms with E-state index in [1.165, 1.54) is 12.1 Å². The van der Waals surface area contributed by atoms with E-state index in [4.69, 9.17) is 38.3 Å². The number of nitrogens with zero attached hydrogens (tertiary/aromatic N) is 2. The fourth-order valence-electron chi connectivity index (χ4n) is 1.45. The highest BCUT2D eigenvalue weighted by molar-refractivity contribution is 7.86. The van der Waals surface area contributed by atoms with Crippen molar-refractivity contribution < 1.29 is 28.0 Å². The number of rotatable bonds is 2. The third-order valence-electron chi connectivity index (χ3n) is 2.50. The Morgan fingerprint density at radius 3 is 2.29 bits per heavy atom. The van der Waals surface area contributed by atoms with E-state index in [1.54, 1.807) is 6.07 Å². The SMILES string of the molecule is N#[N+]c1ccc(Cl)cc1Cl.O=C(O)c1cccc(S(=O)(=O)O)c1[O-]. The van der Waals surface area contributed by atoms with Crippen molar-refractivity contribution in [2.45, 2.75) is 4.90 Å². The minimum Gasteiger partial charge on any atom is -0.871 e. The average Bonchev–Trinajstić information content (AvgIpc) is 2.46. The van der Waals surface area contributed by atoms with Crippen molar-refractivity contribution in [1.29, 1.82) is 5.39 Å². The van der Waals surface area contributed by atoms with E-state index in [2.05, 4.69) is 4.98 Å². The van der Waals surface area contributed by atoms with E-state index >= 15 is 0 Å². The van der Waals surface area contributed by atoms with Crippen LogP contribution in [0.15, 0.2) is 41.3 Å². The first-order chi connectivity index (χ1) is 11.1. The van der Waals surface area contributed by atoms with Gasteiger partial charge in [0.25, 0.3) is 10.1 Å². The van der Waals surface area contributed by atoms with Gasteiger partial charge in [-0.2, -0.15) is 8.42 Å². The Kier molecular flexibility index (Phi) is 6.51. The molecular weight excluding hydrogens is 383 g/mol. The van der Waals surface area contributed by atoms with E-state index in [0.29, 0.717) is 15.7 Å². The summed E-state index contributed by atoms with van der Waals surface area (Å²) in [6, 6.07) is 7.50. The zero-order chi connectivity index (χ0) is 18.5. The number of halogens is 2. The van der Waals surface area contributed by atoms with Gasteiger partial charge in [-0.1, -0.05) is 35.0 Å². The Morgan fingerprint density at radius 2 is 1.83 bits per heavy atom. The standard InChI is InChI=1S/C7H6O6S.C6H3Cl2N2/c8-6-4(7(9)10)2-1-3-5(6)14(11,12)13;7-4-1-2-6(10-9)5(8)3-4/h1-3,8H,(H,9,10)(H,11,12,13);1-3H/q;+1/p-1. The van der Waals surface area contributed by atoms with Gasteiger partial charge in [0.05, 0.1) is 10.5 Å². The lowest BCUT2D eigenvalue weighted by molar-refractivity contribution is -0.273. The highest BCUT2D eigenvalue weighted by Crippen LogP contribution is 2.27. The number of carboxylic acids is 1. The maximum absolute atomic E-state index is 11.1. The molecule has 0 unspecified atom stereocenters. The van der Waals surface area contributed by atoms with Crippen molar-refractivity contribution in [3.05, 3.63) is 57.0 Å². The molecule has 0 aliphatic carbocycles. The molecule has 2 rings (SSSR count). The van der Waals surface area contributed by atoms with Crippen LogP contribution in [0.4, 0.5) is 5.69 Å². The van der Waals surface area contributed by atoms with Crippen LogP contribution in [0.5, 0.6) is 5.75 Å². The topological polar surface area (TPSA) is 143 Å². The van der Waals surface area contributed by atoms with Gasteiger partial charge in [-0.15, -0.1) is 0 Å². The molecule has 8 nitrogen and oxygen atoms in total. The van der Waals surface area contributed by atoms with Gasteiger partial charge >= 0.3 is 11.7 Å². The van der Waals surface area contributed by atoms with Gasteiger partial charge < -0.3 is 10.2 Å². The molecule has 0 aromatic heterocycles. The van der Waals surface area contributed by atoms with Crippen LogP contribution in [-0.4, -0.2) is 24.0 Å². The lowest BCUT2D eigenvalue weighted by atomic mass is 10.2. The van der Waals surface area contributed by atoms with Crippen LogP contribution in [0, 0.1) is 5.39 Å². The molecule has 0 aliphatic rings. The highest BCUT2D eigenvalue weighted by atomic mass is 35.5. The number of diazo groups is 1. The molecule has 2 aromatic carbocycles. The summed E-state index contributed by atoms with van der Waals surface area (Å²) in [5.41, 5.74) is -0.369. The number of hydrogen-bond acceptors (Lipinski definition) is 5. The van der Waals surface area contributed by atoms with Crippen molar-refractivity contribution >= 4 is 45.0 Å². The summed E-state index contributed by atoms with van der Waals surface area (Å²) in [5, 5.41) is 28.8. The number of carbonyl (C=O) groups is 1. The van der Waals surface area contributed by atoms with Crippen LogP contribution in [0.1, 0.15) is 10.4 Å². The summed E-state index contributed by atoms with van der Waals surface area (Å²) >= 11 is 11.2. The highest BCUT2D eigenvalue weighted by Gasteiger charge is 2.14. The Hall–Kier alpha value is -2.38. The summed E-state index contributed by atoms with van der Waals surface area (Å²) in [4.78, 5) is 12.4. The Bertz CT molecular complexity index is 925. The molecule has 2 aromatic rings. The minimum absolute atomic E-state index is 0.325. The first-order valence-electron chi connectivity index (χ1n) is 5.89. The van der Waals surface area contributed by atoms with E-state index in [-0.39, 0.29) is 0 Å². The van der Waals surface area contributed by atoms with Gasteiger partial charge in [0.15, 0.2) is 4.98 Å². The van der Waals surface area contributed by atoms with Gasteiger partial charge in [0.2, 0.25) is 5.39 Å². The molecule has 0 spiro atoms. The van der Waals surface area contributed by atoms with Gasteiger partial charge in [-0.3, -0.25) is 4.55 Å². The Labute approximate surface area is 146 Å². The monoisotopic (exact) mass is 390 g/mol. The molecule has 0 atom stereocenters. The molecule has 0 fully saturated rings. The largest absolute Gasteiger partial charge is 0.871 e. The Morgan fingerprint density at radius 1 is 1.21 bits per heavy atom. The fraction of sp³-hybridized carbons (Fsp3) is 0. The normalized spacial score (nSPS) is 10.2. The number of benzene rings is 2. The quantitative estimate of drug-likeness (QED) is 0.591. The first kappa shape index (κ1) is 19.7. The van der Waals surface area contributed by atoms with Crippen LogP contribution in [0.25, 0.3) is 4.98 Å². The van der Waals surface area contributed by atoms with E-state index in [9.17, 15) is 18.3 Å². The molecule has 0 aliphatic heterocycles. The predicted octanol–water partition coefficient (Wildman–Crippen LogP) is 3.18. The van der Waals surface area contributed by atoms with Gasteiger partial charge in [-0.05, 0) is 24.3 Å². The zero-order valence-corrected chi connectivity index (χ0v) is 13.9. The van der Waals surface area contributed by atoms with Crippen LogP contribution >= 0.6 is 23.2 Å². The third-order valence-corrected chi connectivity index (χ3v) is 3.92. The van der Waals surface area contributed by atoms with Crippen molar-refractivity contribution in [2.24, 2.45) is 0 Å². The molecule has 11 heteroatoms. The predicted molar refractivity (Wildman–Crippen MR) is 83.9 cm³/mol. The van der Waals surface area contributed by atoms with Crippen LogP contribution < -0.4 is 5.11 Å². The molecule has 0 amide bonds. The van der Waals surface area contributed by atoms with Gasteiger partial charge in [-0.25, -0.2) is 4.79 Å². The average molecular weight is 391 g/mol. The number of aromatic carboxylic acids is 1. The molecule has 0 heterocycles. The third kappa shape index (κ3) is 5.07. The van der Waals surface area contributed by atoms with Gasteiger partial charge in [0, 0.05) is 11.1 Å². The molecule has 0 radical (unpaired) electrons. The summed E-state index contributed by atoms with van der Waals surface area (Å²) in [6.45, 7) is 0. The molecule has 2 N–H and O–H groups in total. The molecule has 0 bridgehead atoms. The van der Waals surface area contributed by atoms with E-state index in [1.807, 2.05) is 0 Å². The van der Waals surface area contributed by atoms with Crippen molar-refractivity contribution in [3.63, 3.8) is 0 Å². The van der Waals surface area contributed by atoms with Crippen molar-refractivity contribution in [2.75, 3.05) is 0 Å². The van der Waals surface area contributed by atoms with Gasteiger partial charge in [0.1, 0.15) is 5.02 Å². The minimum atomic E-state index is -4.67. The van der Waals surface area contributed by atoms with Crippen LogP contribution in [0.3, 0.4) is 0 Å². The lowest BCUT2D eigenvalue weighted by Crippen LogP contribution is -2.10.